The Morgan fingerprint density at radius 2 is 2.19 bits per heavy atom. The molecular weight excluding hydrogens is 204 g/mol. The van der Waals surface area contributed by atoms with Gasteiger partial charge in [0.25, 0.3) is 0 Å². The first-order valence-electron chi connectivity index (χ1n) is 5.20. The molecule has 0 radical (unpaired) electrons. The van der Waals surface area contributed by atoms with Crippen LogP contribution in [0.1, 0.15) is 5.56 Å². The van der Waals surface area contributed by atoms with Gasteiger partial charge in [-0.25, -0.2) is 0 Å². The fourth-order valence-corrected chi connectivity index (χ4v) is 1.84. The largest absolute Gasteiger partial charge is 0.481 e. The molecule has 0 fully saturated rings. The van der Waals surface area contributed by atoms with Gasteiger partial charge in [-0.1, -0.05) is 18.2 Å². The molecule has 2 aromatic rings. The first kappa shape index (κ1) is 10.7. The summed E-state index contributed by atoms with van der Waals surface area (Å²) in [5.41, 5.74) is 7.48. The number of carbonyl (C=O) groups is 1. The smallest absolute Gasteiger partial charge is 0.308 e. The molecule has 84 valence electrons. The van der Waals surface area contributed by atoms with Crippen LogP contribution in [0.4, 0.5) is 0 Å². The van der Waals surface area contributed by atoms with Gasteiger partial charge in [0.05, 0.1) is 5.92 Å². The number of aliphatic carboxylic acids is 1. The second-order valence-corrected chi connectivity index (χ2v) is 3.83. The van der Waals surface area contributed by atoms with Gasteiger partial charge in [-0.2, -0.15) is 0 Å². The average molecular weight is 218 g/mol. The van der Waals surface area contributed by atoms with Crippen molar-refractivity contribution in [3.63, 3.8) is 0 Å². The number of carboxylic acids is 1. The Morgan fingerprint density at radius 3 is 2.88 bits per heavy atom. The van der Waals surface area contributed by atoms with E-state index in [1.54, 1.807) is 0 Å². The molecule has 16 heavy (non-hydrogen) atoms. The summed E-state index contributed by atoms with van der Waals surface area (Å²) in [6, 6.07) is 7.84. The van der Waals surface area contributed by atoms with Gasteiger partial charge >= 0.3 is 5.97 Å². The van der Waals surface area contributed by atoms with Crippen molar-refractivity contribution in [1.82, 2.24) is 4.98 Å². The van der Waals surface area contributed by atoms with Crippen molar-refractivity contribution in [2.45, 2.75) is 6.42 Å². The maximum Gasteiger partial charge on any atom is 0.308 e. The van der Waals surface area contributed by atoms with Crippen molar-refractivity contribution in [1.29, 1.82) is 0 Å². The lowest BCUT2D eigenvalue weighted by atomic mass is 9.99. The second kappa shape index (κ2) is 4.37. The van der Waals surface area contributed by atoms with Crippen LogP contribution in [0, 0.1) is 5.92 Å². The molecule has 1 heterocycles. The highest BCUT2D eigenvalue weighted by molar-refractivity contribution is 5.83. The average Bonchev–Trinajstić information content (AvgIpc) is 2.69. The quantitative estimate of drug-likeness (QED) is 0.725. The van der Waals surface area contributed by atoms with Crippen LogP contribution in [0.3, 0.4) is 0 Å². The molecule has 0 amide bonds. The van der Waals surface area contributed by atoms with E-state index >= 15 is 0 Å². The summed E-state index contributed by atoms with van der Waals surface area (Å²) < 4.78 is 0. The van der Waals surface area contributed by atoms with Crippen LogP contribution < -0.4 is 5.73 Å². The summed E-state index contributed by atoms with van der Waals surface area (Å²) in [5.74, 6) is -1.35. The molecule has 1 aromatic heterocycles. The van der Waals surface area contributed by atoms with Crippen LogP contribution in [0.25, 0.3) is 10.9 Å². The van der Waals surface area contributed by atoms with Crippen molar-refractivity contribution in [2.75, 3.05) is 6.54 Å². The van der Waals surface area contributed by atoms with Crippen molar-refractivity contribution in [3.8, 4) is 0 Å². The van der Waals surface area contributed by atoms with Crippen molar-refractivity contribution >= 4 is 16.9 Å². The molecule has 2 rings (SSSR count). The van der Waals surface area contributed by atoms with Gasteiger partial charge in [-0.05, 0) is 18.1 Å². The first-order chi connectivity index (χ1) is 7.72. The van der Waals surface area contributed by atoms with Crippen molar-refractivity contribution in [3.05, 3.63) is 36.0 Å². The number of aromatic nitrogens is 1. The SMILES string of the molecule is NC[C@@H](Cc1c[nH]c2ccccc12)C(=O)O. The normalized spacial score (nSPS) is 12.8. The summed E-state index contributed by atoms with van der Waals surface area (Å²) in [6.45, 7) is 0.162. The number of para-hydroxylation sites is 1. The minimum absolute atomic E-state index is 0.162. The fourth-order valence-electron chi connectivity index (χ4n) is 1.84. The van der Waals surface area contributed by atoms with E-state index in [4.69, 9.17) is 10.8 Å². The maximum absolute atomic E-state index is 10.9. The van der Waals surface area contributed by atoms with Crippen molar-refractivity contribution < 1.29 is 9.90 Å². The summed E-state index contributed by atoms with van der Waals surface area (Å²) in [7, 11) is 0. The molecule has 4 heteroatoms. The Morgan fingerprint density at radius 1 is 1.44 bits per heavy atom. The highest BCUT2D eigenvalue weighted by Gasteiger charge is 2.17. The van der Waals surface area contributed by atoms with E-state index in [2.05, 4.69) is 4.98 Å². The molecule has 0 saturated heterocycles. The Kier molecular flexibility index (Phi) is 2.92. The van der Waals surface area contributed by atoms with Gasteiger partial charge in [0.15, 0.2) is 0 Å². The Balaban J connectivity index is 2.30. The lowest BCUT2D eigenvalue weighted by Crippen LogP contribution is -2.25. The number of hydrogen-bond donors (Lipinski definition) is 3. The number of benzene rings is 1. The van der Waals surface area contributed by atoms with Gasteiger partial charge < -0.3 is 15.8 Å². The highest BCUT2D eigenvalue weighted by atomic mass is 16.4. The van der Waals surface area contributed by atoms with E-state index in [1.165, 1.54) is 0 Å². The molecule has 0 aliphatic rings. The third-order valence-corrected chi connectivity index (χ3v) is 2.77. The summed E-state index contributed by atoms with van der Waals surface area (Å²) >= 11 is 0. The van der Waals surface area contributed by atoms with E-state index in [1.807, 2.05) is 30.5 Å². The number of H-pyrrole nitrogens is 1. The van der Waals surface area contributed by atoms with Gasteiger partial charge in [0, 0.05) is 23.6 Å². The number of hydrogen-bond acceptors (Lipinski definition) is 2. The topological polar surface area (TPSA) is 79.1 Å². The molecule has 4 N–H and O–H groups in total. The standard InChI is InChI=1S/C12H14N2O2/c13-6-8(12(15)16)5-9-7-14-11-4-2-1-3-10(9)11/h1-4,7-8,14H,5-6,13H2,(H,15,16)/t8-/m1/s1. The minimum atomic E-state index is -0.840. The van der Waals surface area contributed by atoms with E-state index in [0.717, 1.165) is 16.5 Å². The zero-order chi connectivity index (χ0) is 11.5. The van der Waals surface area contributed by atoms with Crippen LogP contribution >= 0.6 is 0 Å². The third-order valence-electron chi connectivity index (χ3n) is 2.77. The zero-order valence-electron chi connectivity index (χ0n) is 8.81. The van der Waals surface area contributed by atoms with Crippen LogP contribution in [-0.4, -0.2) is 22.6 Å². The molecule has 1 atom stereocenters. The van der Waals surface area contributed by atoms with Gasteiger partial charge in [0.1, 0.15) is 0 Å². The zero-order valence-corrected chi connectivity index (χ0v) is 8.81. The predicted octanol–water partition coefficient (Wildman–Crippen LogP) is 1.37. The second-order valence-electron chi connectivity index (χ2n) is 3.83. The molecule has 1 aromatic carbocycles. The van der Waals surface area contributed by atoms with E-state index in [0.29, 0.717) is 6.42 Å². The molecule has 0 aliphatic heterocycles. The number of nitrogens with two attached hydrogens (primary N) is 1. The Bertz CT molecular complexity index is 504. The molecule has 0 saturated carbocycles. The van der Waals surface area contributed by atoms with Crippen LogP contribution in [0.2, 0.25) is 0 Å². The van der Waals surface area contributed by atoms with E-state index < -0.39 is 11.9 Å². The maximum atomic E-state index is 10.9. The molecule has 4 nitrogen and oxygen atoms in total. The summed E-state index contributed by atoms with van der Waals surface area (Å²) in [4.78, 5) is 14.0. The Hall–Kier alpha value is -1.81. The van der Waals surface area contributed by atoms with Crippen molar-refractivity contribution in [2.24, 2.45) is 11.7 Å². The van der Waals surface area contributed by atoms with Gasteiger partial charge in [-0.3, -0.25) is 4.79 Å². The van der Waals surface area contributed by atoms with E-state index in [-0.39, 0.29) is 6.54 Å². The fraction of sp³-hybridized carbons (Fsp3) is 0.250. The van der Waals surface area contributed by atoms with Crippen LogP contribution in [0.5, 0.6) is 0 Å². The summed E-state index contributed by atoms with van der Waals surface area (Å²) in [6.07, 6.45) is 2.33. The minimum Gasteiger partial charge on any atom is -0.481 e. The molecule has 0 aliphatic carbocycles. The monoisotopic (exact) mass is 218 g/mol. The predicted molar refractivity (Wildman–Crippen MR) is 62.2 cm³/mol. The first-order valence-corrected chi connectivity index (χ1v) is 5.20. The number of aromatic amines is 1. The molecule has 0 unspecified atom stereocenters. The Labute approximate surface area is 93.1 Å². The number of nitrogens with one attached hydrogen (secondary N) is 1. The number of rotatable bonds is 4. The number of carboxylic acid groups (broad SMARTS) is 1. The summed E-state index contributed by atoms with van der Waals surface area (Å²) in [5, 5.41) is 10.0. The van der Waals surface area contributed by atoms with E-state index in [9.17, 15) is 4.79 Å². The number of fused-ring (bicyclic) bond motifs is 1. The van der Waals surface area contributed by atoms with Gasteiger partial charge in [0.2, 0.25) is 0 Å². The van der Waals surface area contributed by atoms with Gasteiger partial charge in [-0.15, -0.1) is 0 Å². The highest BCUT2D eigenvalue weighted by Crippen LogP contribution is 2.20. The lowest BCUT2D eigenvalue weighted by molar-refractivity contribution is -0.141. The molecule has 0 spiro atoms. The molecular formula is C12H14N2O2. The molecule has 0 bridgehead atoms. The third kappa shape index (κ3) is 1.92. The van der Waals surface area contributed by atoms with Crippen LogP contribution in [0.15, 0.2) is 30.5 Å². The van der Waals surface area contributed by atoms with Crippen LogP contribution in [-0.2, 0) is 11.2 Å². The lowest BCUT2D eigenvalue weighted by Gasteiger charge is -2.08.